The number of halogens is 3. The van der Waals surface area contributed by atoms with Crippen LogP contribution in [0.3, 0.4) is 0 Å². The normalized spacial score (nSPS) is 11.0. The van der Waals surface area contributed by atoms with Crippen molar-refractivity contribution < 1.29 is 4.74 Å². The van der Waals surface area contributed by atoms with Crippen molar-refractivity contribution in [3.63, 3.8) is 0 Å². The molecule has 1 N–H and O–H groups in total. The average molecular weight is 448 g/mol. The third-order valence-corrected chi connectivity index (χ3v) is 4.56. The first-order valence-electron chi connectivity index (χ1n) is 7.06. The first kappa shape index (κ1) is 17.8. The van der Waals surface area contributed by atoms with Gasteiger partial charge in [0.25, 0.3) is 0 Å². The van der Waals surface area contributed by atoms with Gasteiger partial charge in [-0.3, -0.25) is 0 Å². The molecular weight excluding hydrogens is 429 g/mol. The van der Waals surface area contributed by atoms with Crippen LogP contribution < -0.4 is 10.1 Å². The largest absolute Gasteiger partial charge is 0.489 e. The Bertz CT molecular complexity index is 623. The summed E-state index contributed by atoms with van der Waals surface area (Å²) in [5, 5.41) is 4.20. The molecule has 22 heavy (non-hydrogen) atoms. The third kappa shape index (κ3) is 4.98. The molecule has 0 aliphatic heterocycles. The second-order valence-electron chi connectivity index (χ2n) is 5.25. The molecule has 0 atom stereocenters. The van der Waals surface area contributed by atoms with Gasteiger partial charge in [0.15, 0.2) is 0 Å². The van der Waals surface area contributed by atoms with Crippen LogP contribution >= 0.6 is 43.5 Å². The van der Waals surface area contributed by atoms with Gasteiger partial charge in [-0.25, -0.2) is 0 Å². The summed E-state index contributed by atoms with van der Waals surface area (Å²) in [5.74, 6) is 0.838. The van der Waals surface area contributed by atoms with E-state index >= 15 is 0 Å². The monoisotopic (exact) mass is 445 g/mol. The molecule has 2 aromatic rings. The Morgan fingerprint density at radius 2 is 1.73 bits per heavy atom. The molecule has 0 saturated carbocycles. The highest BCUT2D eigenvalue weighted by atomic mass is 79.9. The van der Waals surface area contributed by atoms with Gasteiger partial charge in [-0.15, -0.1) is 0 Å². The predicted molar refractivity (Wildman–Crippen MR) is 99.6 cm³/mol. The van der Waals surface area contributed by atoms with Crippen molar-refractivity contribution in [2.24, 2.45) is 0 Å². The predicted octanol–water partition coefficient (Wildman–Crippen LogP) is 5.94. The lowest BCUT2D eigenvalue weighted by molar-refractivity contribution is 0.239. The summed E-state index contributed by atoms with van der Waals surface area (Å²) < 4.78 is 7.69. The fourth-order valence-corrected chi connectivity index (χ4v) is 3.72. The van der Waals surface area contributed by atoms with Crippen molar-refractivity contribution in [1.82, 2.24) is 5.32 Å². The van der Waals surface area contributed by atoms with Crippen LogP contribution in [0.15, 0.2) is 45.3 Å². The summed E-state index contributed by atoms with van der Waals surface area (Å²) in [6.07, 6.45) is 0.136. The topological polar surface area (TPSA) is 21.3 Å². The Morgan fingerprint density at radius 3 is 2.32 bits per heavy atom. The molecule has 5 heteroatoms. The minimum atomic E-state index is 0.136. The van der Waals surface area contributed by atoms with Gasteiger partial charge in [0.2, 0.25) is 0 Å². The van der Waals surface area contributed by atoms with Crippen LogP contribution in [0.5, 0.6) is 5.75 Å². The SMILES string of the molecule is CC(C)Oc1c(Br)cc(CNCc2ccccc2Cl)cc1Br. The first-order valence-corrected chi connectivity index (χ1v) is 9.02. The molecule has 0 bridgehead atoms. The number of benzene rings is 2. The second kappa shape index (κ2) is 8.34. The van der Waals surface area contributed by atoms with Gasteiger partial charge in [-0.05, 0) is 75.0 Å². The fraction of sp³-hybridized carbons (Fsp3) is 0.294. The summed E-state index contributed by atoms with van der Waals surface area (Å²) in [7, 11) is 0. The standard InChI is InChI=1S/C17H18Br2ClNO/c1-11(2)22-17-14(18)7-12(8-15(17)19)9-21-10-13-5-3-4-6-16(13)20/h3-8,11,21H,9-10H2,1-2H3. The lowest BCUT2D eigenvalue weighted by atomic mass is 10.2. The van der Waals surface area contributed by atoms with Gasteiger partial charge in [0.1, 0.15) is 5.75 Å². The van der Waals surface area contributed by atoms with Gasteiger partial charge in [0, 0.05) is 18.1 Å². The zero-order chi connectivity index (χ0) is 16.1. The molecule has 2 rings (SSSR count). The summed E-state index contributed by atoms with van der Waals surface area (Å²) >= 11 is 13.3. The van der Waals surface area contributed by atoms with Crippen LogP contribution in [0.1, 0.15) is 25.0 Å². The van der Waals surface area contributed by atoms with E-state index in [0.29, 0.717) is 0 Å². The molecule has 0 aliphatic rings. The highest BCUT2D eigenvalue weighted by Crippen LogP contribution is 2.35. The zero-order valence-electron chi connectivity index (χ0n) is 12.5. The Morgan fingerprint density at radius 1 is 1.09 bits per heavy atom. The van der Waals surface area contributed by atoms with E-state index in [0.717, 1.165) is 38.4 Å². The van der Waals surface area contributed by atoms with E-state index < -0.39 is 0 Å². The Labute approximate surface area is 153 Å². The maximum atomic E-state index is 6.15. The van der Waals surface area contributed by atoms with Gasteiger partial charge < -0.3 is 10.1 Å². The zero-order valence-corrected chi connectivity index (χ0v) is 16.4. The van der Waals surface area contributed by atoms with Gasteiger partial charge >= 0.3 is 0 Å². The summed E-state index contributed by atoms with van der Waals surface area (Å²) in [5.41, 5.74) is 2.27. The molecule has 2 nitrogen and oxygen atoms in total. The average Bonchev–Trinajstić information content (AvgIpc) is 2.45. The van der Waals surface area contributed by atoms with Crippen LogP contribution in [0.4, 0.5) is 0 Å². The molecule has 0 heterocycles. The molecule has 0 amide bonds. The molecule has 0 unspecified atom stereocenters. The number of rotatable bonds is 6. The minimum Gasteiger partial charge on any atom is -0.489 e. The van der Waals surface area contributed by atoms with Crippen molar-refractivity contribution in [3.8, 4) is 5.75 Å². The van der Waals surface area contributed by atoms with Crippen molar-refractivity contribution in [3.05, 3.63) is 61.5 Å². The van der Waals surface area contributed by atoms with E-state index in [-0.39, 0.29) is 6.10 Å². The molecule has 0 saturated heterocycles. The van der Waals surface area contributed by atoms with Crippen LogP contribution in [-0.4, -0.2) is 6.10 Å². The molecule has 118 valence electrons. The van der Waals surface area contributed by atoms with E-state index in [2.05, 4.69) is 49.3 Å². The van der Waals surface area contributed by atoms with Crippen molar-refractivity contribution in [1.29, 1.82) is 0 Å². The summed E-state index contributed by atoms with van der Waals surface area (Å²) in [6.45, 7) is 5.51. The number of ether oxygens (including phenoxy) is 1. The lowest BCUT2D eigenvalue weighted by Crippen LogP contribution is -2.13. The maximum Gasteiger partial charge on any atom is 0.148 e. The molecular formula is C17H18Br2ClNO. The van der Waals surface area contributed by atoms with Crippen molar-refractivity contribution in [2.45, 2.75) is 33.0 Å². The van der Waals surface area contributed by atoms with Crippen LogP contribution in [0, 0.1) is 0 Å². The quantitative estimate of drug-likeness (QED) is 0.592. The van der Waals surface area contributed by atoms with Crippen LogP contribution in [0.25, 0.3) is 0 Å². The Balaban J connectivity index is 2.00. The van der Waals surface area contributed by atoms with Crippen LogP contribution in [-0.2, 0) is 13.1 Å². The van der Waals surface area contributed by atoms with Gasteiger partial charge in [0.05, 0.1) is 15.0 Å². The van der Waals surface area contributed by atoms with Crippen molar-refractivity contribution in [2.75, 3.05) is 0 Å². The van der Waals surface area contributed by atoms with Crippen LogP contribution in [0.2, 0.25) is 5.02 Å². The summed E-state index contributed by atoms with van der Waals surface area (Å²) in [6, 6.07) is 12.0. The molecule has 0 spiro atoms. The van der Waals surface area contributed by atoms with E-state index in [1.165, 1.54) is 5.56 Å². The molecule has 0 fully saturated rings. The van der Waals surface area contributed by atoms with Gasteiger partial charge in [-0.1, -0.05) is 29.8 Å². The highest BCUT2D eigenvalue weighted by molar-refractivity contribution is 9.11. The number of hydrogen-bond acceptors (Lipinski definition) is 2. The highest BCUT2D eigenvalue weighted by Gasteiger charge is 2.10. The van der Waals surface area contributed by atoms with E-state index in [4.69, 9.17) is 16.3 Å². The number of nitrogens with one attached hydrogen (secondary N) is 1. The molecule has 0 aliphatic carbocycles. The second-order valence-corrected chi connectivity index (χ2v) is 7.37. The van der Waals surface area contributed by atoms with E-state index in [1.807, 2.05) is 38.1 Å². The summed E-state index contributed by atoms with van der Waals surface area (Å²) in [4.78, 5) is 0. The van der Waals surface area contributed by atoms with Gasteiger partial charge in [-0.2, -0.15) is 0 Å². The Hall–Kier alpha value is -0.550. The van der Waals surface area contributed by atoms with E-state index in [9.17, 15) is 0 Å². The maximum absolute atomic E-state index is 6.15. The van der Waals surface area contributed by atoms with E-state index in [1.54, 1.807) is 0 Å². The first-order chi connectivity index (χ1) is 10.5. The molecule has 0 aromatic heterocycles. The minimum absolute atomic E-state index is 0.136. The lowest BCUT2D eigenvalue weighted by Gasteiger charge is -2.15. The smallest absolute Gasteiger partial charge is 0.148 e. The Kier molecular flexibility index (Phi) is 6.75. The molecule has 0 radical (unpaired) electrons. The van der Waals surface area contributed by atoms with Crippen molar-refractivity contribution >= 4 is 43.5 Å². The third-order valence-electron chi connectivity index (χ3n) is 3.01. The molecule has 2 aromatic carbocycles. The fourth-order valence-electron chi connectivity index (χ4n) is 2.05. The number of hydrogen-bond donors (Lipinski definition) is 1.